The van der Waals surface area contributed by atoms with Gasteiger partial charge < -0.3 is 15.2 Å². The average Bonchev–Trinajstić information content (AvgIpc) is 2.25. The highest BCUT2D eigenvalue weighted by atomic mass is 35.5. The number of carbonyl (C=O) groups excluding carboxylic acids is 1. The number of rotatable bonds is 5. The van der Waals surface area contributed by atoms with Gasteiger partial charge in [0.25, 0.3) is 5.91 Å². The van der Waals surface area contributed by atoms with E-state index in [2.05, 4.69) is 5.32 Å². The predicted octanol–water partition coefficient (Wildman–Crippen LogP) is 0.920. The molecule has 0 aliphatic rings. The van der Waals surface area contributed by atoms with E-state index >= 15 is 0 Å². The lowest BCUT2D eigenvalue weighted by molar-refractivity contribution is -0.138. The van der Waals surface area contributed by atoms with Gasteiger partial charge in [-0.2, -0.15) is 0 Å². The van der Waals surface area contributed by atoms with Crippen molar-refractivity contribution in [3.63, 3.8) is 0 Å². The normalized spacial score (nSPS) is 9.56. The quantitative estimate of drug-likeness (QED) is 0.806. The zero-order valence-corrected chi connectivity index (χ0v) is 9.03. The van der Waals surface area contributed by atoms with Crippen molar-refractivity contribution in [2.24, 2.45) is 0 Å². The molecule has 1 aromatic rings. The Morgan fingerprint density at radius 3 is 2.69 bits per heavy atom. The molecule has 0 spiro atoms. The largest absolute Gasteiger partial charge is 0.482 e. The number of aliphatic carboxylic acids is 1. The van der Waals surface area contributed by atoms with Crippen molar-refractivity contribution in [3.05, 3.63) is 29.3 Å². The van der Waals surface area contributed by atoms with Crippen LogP contribution in [-0.2, 0) is 9.59 Å². The summed E-state index contributed by atoms with van der Waals surface area (Å²) in [7, 11) is 0. The Morgan fingerprint density at radius 2 is 2.06 bits per heavy atom. The fourth-order valence-electron chi connectivity index (χ4n) is 0.930. The second-order valence-corrected chi connectivity index (χ2v) is 3.30. The molecule has 0 aliphatic carbocycles. The molecule has 0 saturated heterocycles. The molecule has 0 saturated carbocycles. The van der Waals surface area contributed by atoms with Crippen LogP contribution in [-0.4, -0.2) is 30.1 Å². The van der Waals surface area contributed by atoms with Crippen molar-refractivity contribution in [3.8, 4) is 5.75 Å². The first-order chi connectivity index (χ1) is 7.59. The molecule has 1 rings (SSSR count). The van der Waals surface area contributed by atoms with Crippen molar-refractivity contribution in [1.29, 1.82) is 0 Å². The summed E-state index contributed by atoms with van der Waals surface area (Å²) >= 11 is 5.78. The highest BCUT2D eigenvalue weighted by molar-refractivity contribution is 6.32. The molecule has 0 radical (unpaired) electrons. The number of amides is 1. The van der Waals surface area contributed by atoms with Crippen molar-refractivity contribution in [2.45, 2.75) is 0 Å². The van der Waals surface area contributed by atoms with Crippen LogP contribution in [0.2, 0.25) is 5.02 Å². The van der Waals surface area contributed by atoms with Crippen molar-refractivity contribution in [2.75, 3.05) is 13.2 Å². The van der Waals surface area contributed by atoms with Gasteiger partial charge in [-0.05, 0) is 12.1 Å². The van der Waals surface area contributed by atoms with Crippen LogP contribution in [0.5, 0.6) is 5.75 Å². The fraction of sp³-hybridized carbons (Fsp3) is 0.200. The second-order valence-electron chi connectivity index (χ2n) is 2.89. The van der Waals surface area contributed by atoms with Gasteiger partial charge in [0.05, 0.1) is 5.02 Å². The molecule has 0 heterocycles. The molecule has 0 aromatic heterocycles. The van der Waals surface area contributed by atoms with Gasteiger partial charge in [0.15, 0.2) is 6.61 Å². The van der Waals surface area contributed by atoms with Crippen LogP contribution in [0.15, 0.2) is 24.3 Å². The lowest BCUT2D eigenvalue weighted by Gasteiger charge is -2.07. The smallest absolute Gasteiger partial charge is 0.322 e. The van der Waals surface area contributed by atoms with Gasteiger partial charge >= 0.3 is 5.97 Å². The summed E-state index contributed by atoms with van der Waals surface area (Å²) < 4.78 is 5.09. The Kier molecular flexibility index (Phi) is 4.60. The summed E-state index contributed by atoms with van der Waals surface area (Å²) in [6, 6.07) is 6.70. The van der Waals surface area contributed by atoms with E-state index in [-0.39, 0.29) is 6.61 Å². The lowest BCUT2D eigenvalue weighted by atomic mass is 10.3. The Balaban J connectivity index is 2.37. The molecular formula is C10H10ClNO4. The first kappa shape index (κ1) is 12.3. The minimum Gasteiger partial charge on any atom is -0.482 e. The Morgan fingerprint density at radius 1 is 1.38 bits per heavy atom. The van der Waals surface area contributed by atoms with Crippen molar-refractivity contribution < 1.29 is 19.4 Å². The van der Waals surface area contributed by atoms with Gasteiger partial charge in [0, 0.05) is 0 Å². The number of halogens is 1. The summed E-state index contributed by atoms with van der Waals surface area (Å²) in [5, 5.41) is 10.9. The number of carbonyl (C=O) groups is 2. The van der Waals surface area contributed by atoms with Crippen LogP contribution in [0.3, 0.4) is 0 Å². The molecule has 1 aromatic carbocycles. The number of nitrogens with one attached hydrogen (secondary N) is 1. The predicted molar refractivity (Wildman–Crippen MR) is 57.6 cm³/mol. The molecule has 86 valence electrons. The van der Waals surface area contributed by atoms with E-state index in [1.165, 1.54) is 0 Å². The minimum atomic E-state index is -1.11. The number of carboxylic acid groups (broad SMARTS) is 1. The van der Waals surface area contributed by atoms with Crippen molar-refractivity contribution >= 4 is 23.5 Å². The maximum atomic E-state index is 11.1. The number of ether oxygens (including phenoxy) is 1. The van der Waals surface area contributed by atoms with Crippen LogP contribution in [0, 0.1) is 0 Å². The number of para-hydroxylation sites is 1. The number of hydrogen-bond acceptors (Lipinski definition) is 3. The minimum absolute atomic E-state index is 0.267. The first-order valence-electron chi connectivity index (χ1n) is 4.45. The first-order valence-corrected chi connectivity index (χ1v) is 4.83. The van der Waals surface area contributed by atoms with E-state index < -0.39 is 18.4 Å². The van der Waals surface area contributed by atoms with E-state index in [1.807, 2.05) is 0 Å². The summed E-state index contributed by atoms with van der Waals surface area (Å²) in [6.07, 6.45) is 0. The second kappa shape index (κ2) is 5.97. The molecule has 5 nitrogen and oxygen atoms in total. The summed E-state index contributed by atoms with van der Waals surface area (Å²) in [5.41, 5.74) is 0. The van der Waals surface area contributed by atoms with Gasteiger partial charge in [-0.25, -0.2) is 0 Å². The molecule has 2 N–H and O–H groups in total. The van der Waals surface area contributed by atoms with Gasteiger partial charge in [0.1, 0.15) is 12.3 Å². The van der Waals surface area contributed by atoms with Crippen LogP contribution < -0.4 is 10.1 Å². The van der Waals surface area contributed by atoms with Crippen molar-refractivity contribution in [1.82, 2.24) is 5.32 Å². The highest BCUT2D eigenvalue weighted by Crippen LogP contribution is 2.22. The molecule has 6 heteroatoms. The Hall–Kier alpha value is -1.75. The van der Waals surface area contributed by atoms with E-state index in [9.17, 15) is 9.59 Å². The van der Waals surface area contributed by atoms with Gasteiger partial charge in [-0.3, -0.25) is 9.59 Å². The highest BCUT2D eigenvalue weighted by Gasteiger charge is 2.06. The molecule has 0 bridgehead atoms. The number of benzene rings is 1. The zero-order chi connectivity index (χ0) is 12.0. The third-order valence-corrected chi connectivity index (χ3v) is 1.94. The van der Waals surface area contributed by atoms with Crippen LogP contribution in [0.1, 0.15) is 0 Å². The Bertz CT molecular complexity index is 394. The Labute approximate surface area is 97.0 Å². The van der Waals surface area contributed by atoms with Gasteiger partial charge in [-0.1, -0.05) is 23.7 Å². The van der Waals surface area contributed by atoms with Crippen LogP contribution in [0.4, 0.5) is 0 Å². The van der Waals surface area contributed by atoms with E-state index in [0.717, 1.165) is 0 Å². The van der Waals surface area contributed by atoms with Gasteiger partial charge in [0.2, 0.25) is 0 Å². The number of hydrogen-bond donors (Lipinski definition) is 2. The van der Waals surface area contributed by atoms with Gasteiger partial charge in [-0.15, -0.1) is 0 Å². The molecule has 0 fully saturated rings. The molecule has 0 unspecified atom stereocenters. The summed E-state index contributed by atoms with van der Waals surface area (Å²) in [5.74, 6) is -1.23. The van der Waals surface area contributed by atoms with E-state index in [4.69, 9.17) is 21.4 Å². The molecule has 1 amide bonds. The summed E-state index contributed by atoms with van der Waals surface area (Å²) in [6.45, 7) is -0.693. The van der Waals surface area contributed by atoms with E-state index in [0.29, 0.717) is 10.8 Å². The summed E-state index contributed by atoms with van der Waals surface area (Å²) in [4.78, 5) is 21.2. The van der Waals surface area contributed by atoms with Crippen LogP contribution >= 0.6 is 11.6 Å². The monoisotopic (exact) mass is 243 g/mol. The maximum absolute atomic E-state index is 11.1. The average molecular weight is 244 g/mol. The van der Waals surface area contributed by atoms with E-state index in [1.54, 1.807) is 24.3 Å². The third kappa shape index (κ3) is 4.18. The number of carboxylic acids is 1. The SMILES string of the molecule is O=C(O)CNC(=O)COc1ccccc1Cl. The lowest BCUT2D eigenvalue weighted by Crippen LogP contribution is -2.33. The third-order valence-electron chi connectivity index (χ3n) is 1.63. The molecule has 0 aliphatic heterocycles. The standard InChI is InChI=1S/C10H10ClNO4/c11-7-3-1-2-4-8(7)16-6-9(13)12-5-10(14)15/h1-4H,5-6H2,(H,12,13)(H,14,15). The molecular weight excluding hydrogens is 234 g/mol. The molecule has 16 heavy (non-hydrogen) atoms. The zero-order valence-electron chi connectivity index (χ0n) is 8.27. The fourth-order valence-corrected chi connectivity index (χ4v) is 1.12. The topological polar surface area (TPSA) is 75.6 Å². The maximum Gasteiger partial charge on any atom is 0.322 e. The molecule has 0 atom stereocenters. The van der Waals surface area contributed by atoms with Crippen LogP contribution in [0.25, 0.3) is 0 Å².